The summed E-state index contributed by atoms with van der Waals surface area (Å²) in [6, 6.07) is 10.3. The molecule has 1 fully saturated rings. The molecule has 5 nitrogen and oxygen atoms in total. The summed E-state index contributed by atoms with van der Waals surface area (Å²) in [5.74, 6) is 1.08. The molecule has 1 amide bonds. The first-order valence-corrected chi connectivity index (χ1v) is 9.00. The van der Waals surface area contributed by atoms with Crippen LogP contribution in [0, 0.1) is 13.8 Å². The molecule has 1 aliphatic heterocycles. The summed E-state index contributed by atoms with van der Waals surface area (Å²) in [5.41, 5.74) is 3.33. The number of hydrogen-bond donors (Lipinski definition) is 0. The summed E-state index contributed by atoms with van der Waals surface area (Å²) in [5, 5.41) is 4.54. The van der Waals surface area contributed by atoms with Crippen LogP contribution in [-0.4, -0.2) is 40.3 Å². The van der Waals surface area contributed by atoms with Crippen molar-refractivity contribution < 1.29 is 9.53 Å². The predicted molar refractivity (Wildman–Crippen MR) is 97.8 cm³/mol. The number of aryl methyl sites for hydroxylation is 3. The van der Waals surface area contributed by atoms with E-state index in [0.717, 1.165) is 55.1 Å². The summed E-state index contributed by atoms with van der Waals surface area (Å²) < 4.78 is 7.29. The quantitative estimate of drug-likeness (QED) is 0.811. The zero-order chi connectivity index (χ0) is 17.8. The highest BCUT2D eigenvalue weighted by Crippen LogP contribution is 2.22. The van der Waals surface area contributed by atoms with Crippen LogP contribution in [0.2, 0.25) is 0 Å². The highest BCUT2D eigenvalue weighted by molar-refractivity contribution is 5.77. The minimum Gasteiger partial charge on any atom is -0.497 e. The first kappa shape index (κ1) is 17.5. The van der Waals surface area contributed by atoms with Crippen molar-refractivity contribution in [3.8, 4) is 5.75 Å². The topological polar surface area (TPSA) is 47.4 Å². The van der Waals surface area contributed by atoms with Gasteiger partial charge < -0.3 is 9.64 Å². The van der Waals surface area contributed by atoms with Crippen molar-refractivity contribution in [3.05, 3.63) is 47.3 Å². The molecule has 0 N–H and O–H groups in total. The molecular formula is C20H27N3O2. The lowest BCUT2D eigenvalue weighted by Gasteiger charge is -2.25. The average Bonchev–Trinajstić information content (AvgIpc) is 3.19. The molecule has 134 valence electrons. The molecule has 1 aromatic heterocycles. The Balaban J connectivity index is 1.59. The Morgan fingerprint density at radius 3 is 2.88 bits per heavy atom. The van der Waals surface area contributed by atoms with Crippen molar-refractivity contribution in [1.29, 1.82) is 0 Å². The van der Waals surface area contributed by atoms with Crippen molar-refractivity contribution in [3.63, 3.8) is 0 Å². The number of carbonyl (C=O) groups excluding carboxylic acids is 1. The summed E-state index contributed by atoms with van der Waals surface area (Å²) >= 11 is 0. The molecule has 5 heteroatoms. The Labute approximate surface area is 149 Å². The van der Waals surface area contributed by atoms with Crippen molar-refractivity contribution in [2.75, 3.05) is 13.7 Å². The number of ether oxygens (including phenoxy) is 1. The maximum Gasteiger partial charge on any atom is 0.223 e. The number of methoxy groups -OCH3 is 1. The van der Waals surface area contributed by atoms with Crippen LogP contribution in [0.25, 0.3) is 0 Å². The number of rotatable bonds is 6. The predicted octanol–water partition coefficient (Wildman–Crippen LogP) is 3.13. The van der Waals surface area contributed by atoms with E-state index in [1.54, 1.807) is 7.11 Å². The van der Waals surface area contributed by atoms with E-state index in [1.807, 2.05) is 35.9 Å². The minimum atomic E-state index is 0.242. The molecule has 3 rings (SSSR count). The van der Waals surface area contributed by atoms with Gasteiger partial charge in [-0.15, -0.1) is 0 Å². The van der Waals surface area contributed by atoms with Crippen molar-refractivity contribution in [2.45, 2.75) is 52.1 Å². The molecule has 0 aliphatic carbocycles. The second-order valence-corrected chi connectivity index (χ2v) is 6.84. The highest BCUT2D eigenvalue weighted by Gasteiger charge is 2.29. The van der Waals surface area contributed by atoms with Crippen LogP contribution >= 0.6 is 0 Å². The van der Waals surface area contributed by atoms with Gasteiger partial charge in [-0.1, -0.05) is 12.1 Å². The third-order valence-electron chi connectivity index (χ3n) is 4.95. The van der Waals surface area contributed by atoms with Gasteiger partial charge in [0.1, 0.15) is 5.75 Å². The molecule has 25 heavy (non-hydrogen) atoms. The lowest BCUT2D eigenvalue weighted by Crippen LogP contribution is -2.38. The monoisotopic (exact) mass is 341 g/mol. The molecule has 0 saturated carbocycles. The molecular weight excluding hydrogens is 314 g/mol. The lowest BCUT2D eigenvalue weighted by atomic mass is 10.1. The molecule has 1 atom stereocenters. The maximum absolute atomic E-state index is 12.7. The van der Waals surface area contributed by atoms with E-state index >= 15 is 0 Å². The molecule has 0 spiro atoms. The Hall–Kier alpha value is -2.30. The number of amides is 1. The van der Waals surface area contributed by atoms with Gasteiger partial charge in [0.25, 0.3) is 0 Å². The van der Waals surface area contributed by atoms with Gasteiger partial charge in [0.15, 0.2) is 0 Å². The molecule has 0 bridgehead atoms. The number of benzene rings is 1. The van der Waals surface area contributed by atoms with Gasteiger partial charge in [-0.2, -0.15) is 5.10 Å². The number of aromatic nitrogens is 2. The molecule has 2 heterocycles. The number of nitrogens with zero attached hydrogens (tertiary/aromatic N) is 3. The standard InChI is InChI=1S/C20H27N3O2/c1-15-12-16(2)23(21-15)14-18-7-5-11-22(18)20(24)10-9-17-6-4-8-19(13-17)25-3/h4,6,8,12-13,18H,5,7,9-11,14H2,1-3H3/t18-/m0/s1. The van der Waals surface area contributed by atoms with Crippen LogP contribution in [0.3, 0.4) is 0 Å². The van der Waals surface area contributed by atoms with E-state index in [2.05, 4.69) is 23.0 Å². The van der Waals surface area contributed by atoms with E-state index < -0.39 is 0 Å². The molecule has 1 aliphatic rings. The van der Waals surface area contributed by atoms with Gasteiger partial charge in [0.05, 0.1) is 25.4 Å². The Morgan fingerprint density at radius 1 is 1.32 bits per heavy atom. The van der Waals surface area contributed by atoms with Gasteiger partial charge in [-0.25, -0.2) is 0 Å². The Morgan fingerprint density at radius 2 is 2.16 bits per heavy atom. The number of likely N-dealkylation sites (tertiary alicyclic amines) is 1. The fraction of sp³-hybridized carbons (Fsp3) is 0.500. The third kappa shape index (κ3) is 4.21. The lowest BCUT2D eigenvalue weighted by molar-refractivity contribution is -0.132. The molecule has 2 aromatic rings. The highest BCUT2D eigenvalue weighted by atomic mass is 16.5. The van der Waals surface area contributed by atoms with Crippen molar-refractivity contribution >= 4 is 5.91 Å². The zero-order valence-electron chi connectivity index (χ0n) is 15.4. The van der Waals surface area contributed by atoms with E-state index in [4.69, 9.17) is 4.74 Å². The van der Waals surface area contributed by atoms with Gasteiger partial charge in [-0.3, -0.25) is 9.48 Å². The van der Waals surface area contributed by atoms with Gasteiger partial charge >= 0.3 is 0 Å². The minimum absolute atomic E-state index is 0.242. The Kier molecular flexibility index (Phi) is 5.41. The maximum atomic E-state index is 12.7. The second kappa shape index (κ2) is 7.72. The van der Waals surface area contributed by atoms with Crippen molar-refractivity contribution in [2.24, 2.45) is 0 Å². The molecule has 0 unspecified atom stereocenters. The third-order valence-corrected chi connectivity index (χ3v) is 4.95. The molecule has 0 radical (unpaired) electrons. The van der Waals surface area contributed by atoms with Crippen LogP contribution < -0.4 is 4.74 Å². The summed E-state index contributed by atoms with van der Waals surface area (Å²) in [4.78, 5) is 14.8. The average molecular weight is 341 g/mol. The first-order chi connectivity index (χ1) is 12.1. The SMILES string of the molecule is COc1cccc(CCC(=O)N2CCC[C@H]2Cn2nc(C)cc2C)c1. The smallest absolute Gasteiger partial charge is 0.223 e. The van der Waals surface area contributed by atoms with Gasteiger partial charge in [-0.05, 0) is 56.9 Å². The summed E-state index contributed by atoms with van der Waals surface area (Å²) in [6.07, 6.45) is 3.43. The van der Waals surface area contributed by atoms with Crippen molar-refractivity contribution in [1.82, 2.24) is 14.7 Å². The van der Waals surface area contributed by atoms with Gasteiger partial charge in [0, 0.05) is 18.7 Å². The normalized spacial score (nSPS) is 17.1. The Bertz CT molecular complexity index is 738. The fourth-order valence-electron chi connectivity index (χ4n) is 3.64. The molecule has 1 aromatic carbocycles. The van der Waals surface area contributed by atoms with E-state index in [0.29, 0.717) is 6.42 Å². The second-order valence-electron chi connectivity index (χ2n) is 6.84. The van der Waals surface area contributed by atoms with E-state index in [9.17, 15) is 4.79 Å². The van der Waals surface area contributed by atoms with Crippen LogP contribution in [-0.2, 0) is 17.8 Å². The van der Waals surface area contributed by atoms with Crippen LogP contribution in [0.4, 0.5) is 0 Å². The van der Waals surface area contributed by atoms with Gasteiger partial charge in [0.2, 0.25) is 5.91 Å². The van der Waals surface area contributed by atoms with E-state index in [-0.39, 0.29) is 11.9 Å². The fourth-order valence-corrected chi connectivity index (χ4v) is 3.64. The first-order valence-electron chi connectivity index (χ1n) is 9.00. The summed E-state index contributed by atoms with van der Waals surface area (Å²) in [7, 11) is 1.66. The van der Waals surface area contributed by atoms with E-state index in [1.165, 1.54) is 0 Å². The van der Waals surface area contributed by atoms with Crippen LogP contribution in [0.15, 0.2) is 30.3 Å². The number of carbonyl (C=O) groups is 1. The zero-order valence-corrected chi connectivity index (χ0v) is 15.4. The largest absolute Gasteiger partial charge is 0.497 e. The van der Waals surface area contributed by atoms with Crippen LogP contribution in [0.1, 0.15) is 36.2 Å². The molecule has 1 saturated heterocycles. The number of hydrogen-bond acceptors (Lipinski definition) is 3. The van der Waals surface area contributed by atoms with Crippen LogP contribution in [0.5, 0.6) is 5.75 Å². The summed E-state index contributed by atoms with van der Waals surface area (Å²) in [6.45, 7) is 5.74.